The molecule has 1 N–H and O–H groups in total. The van der Waals surface area contributed by atoms with Crippen molar-refractivity contribution in [1.29, 1.82) is 0 Å². The molecule has 17 heavy (non-hydrogen) atoms. The summed E-state index contributed by atoms with van der Waals surface area (Å²) in [7, 11) is 1.78. The summed E-state index contributed by atoms with van der Waals surface area (Å²) in [6.07, 6.45) is 2.62. The van der Waals surface area contributed by atoms with Gasteiger partial charge in [0, 0.05) is 19.5 Å². The first-order valence-electron chi connectivity index (χ1n) is 6.04. The molecule has 96 valence electrons. The Bertz CT molecular complexity index is 317. The third kappa shape index (κ3) is 3.88. The molecule has 4 heteroatoms. The number of hydrogen-bond acceptors (Lipinski definition) is 2. The van der Waals surface area contributed by atoms with Crippen molar-refractivity contribution < 1.29 is 14.7 Å². The van der Waals surface area contributed by atoms with Crippen molar-refractivity contribution in [3.8, 4) is 0 Å². The maximum absolute atomic E-state index is 12.0. The first-order valence-corrected chi connectivity index (χ1v) is 6.04. The van der Waals surface area contributed by atoms with Gasteiger partial charge in [0.2, 0.25) is 5.91 Å². The van der Waals surface area contributed by atoms with Gasteiger partial charge in [-0.2, -0.15) is 0 Å². The van der Waals surface area contributed by atoms with Gasteiger partial charge in [-0.15, -0.1) is 0 Å². The maximum Gasteiger partial charge on any atom is 0.306 e. The van der Waals surface area contributed by atoms with E-state index in [9.17, 15) is 9.59 Å². The zero-order chi connectivity index (χ0) is 13.0. The highest BCUT2D eigenvalue weighted by Crippen LogP contribution is 2.30. The number of aliphatic carboxylic acids is 1. The molecule has 0 heterocycles. The van der Waals surface area contributed by atoms with Crippen LogP contribution in [0, 0.1) is 11.8 Å². The normalized spacial score (nSPS) is 24.1. The first-order chi connectivity index (χ1) is 7.91. The molecule has 0 aliphatic heterocycles. The highest BCUT2D eigenvalue weighted by molar-refractivity contribution is 5.79. The predicted octanol–water partition coefficient (Wildman–Crippen LogP) is 1.91. The standard InChI is InChI=1S/C13H21NO3/c1-9(2)8-14(3)12(15)10-4-6-11(7-5-10)13(16)17/h10-11H,1,4-8H2,2-3H3,(H,16,17). The molecule has 0 aromatic heterocycles. The second-order valence-corrected chi connectivity index (χ2v) is 5.04. The van der Waals surface area contributed by atoms with Crippen molar-refractivity contribution in [2.75, 3.05) is 13.6 Å². The van der Waals surface area contributed by atoms with Crippen molar-refractivity contribution in [1.82, 2.24) is 4.90 Å². The summed E-state index contributed by atoms with van der Waals surface area (Å²) < 4.78 is 0. The smallest absolute Gasteiger partial charge is 0.306 e. The molecule has 0 unspecified atom stereocenters. The molecule has 1 fully saturated rings. The highest BCUT2D eigenvalue weighted by Gasteiger charge is 2.30. The zero-order valence-electron chi connectivity index (χ0n) is 10.6. The van der Waals surface area contributed by atoms with E-state index < -0.39 is 5.97 Å². The van der Waals surface area contributed by atoms with Crippen molar-refractivity contribution in [3.05, 3.63) is 12.2 Å². The van der Waals surface area contributed by atoms with Crippen LogP contribution in [-0.2, 0) is 9.59 Å². The van der Waals surface area contributed by atoms with Crippen LogP contribution in [0.15, 0.2) is 12.2 Å². The van der Waals surface area contributed by atoms with E-state index in [4.69, 9.17) is 5.11 Å². The lowest BCUT2D eigenvalue weighted by Crippen LogP contribution is -2.36. The Morgan fingerprint density at radius 1 is 1.24 bits per heavy atom. The molecule has 0 saturated heterocycles. The van der Waals surface area contributed by atoms with Crippen molar-refractivity contribution in [2.45, 2.75) is 32.6 Å². The van der Waals surface area contributed by atoms with Gasteiger partial charge in [-0.3, -0.25) is 9.59 Å². The fourth-order valence-corrected chi connectivity index (χ4v) is 2.38. The molecule has 1 aliphatic carbocycles. The highest BCUT2D eigenvalue weighted by atomic mass is 16.4. The summed E-state index contributed by atoms with van der Waals surface area (Å²) in [4.78, 5) is 24.5. The minimum Gasteiger partial charge on any atom is -0.481 e. The third-order valence-corrected chi connectivity index (χ3v) is 3.31. The minimum absolute atomic E-state index is 0.00468. The number of hydrogen-bond donors (Lipinski definition) is 1. The average molecular weight is 239 g/mol. The molecule has 0 spiro atoms. The van der Waals surface area contributed by atoms with E-state index >= 15 is 0 Å². The lowest BCUT2D eigenvalue weighted by Gasteiger charge is -2.29. The zero-order valence-corrected chi connectivity index (χ0v) is 10.6. The first kappa shape index (κ1) is 13.7. The van der Waals surface area contributed by atoms with E-state index in [0.717, 1.165) is 5.57 Å². The second-order valence-electron chi connectivity index (χ2n) is 5.04. The number of rotatable bonds is 4. The molecule has 0 bridgehead atoms. The Hall–Kier alpha value is -1.32. The van der Waals surface area contributed by atoms with E-state index in [1.807, 2.05) is 6.92 Å². The van der Waals surface area contributed by atoms with Gasteiger partial charge >= 0.3 is 5.97 Å². The van der Waals surface area contributed by atoms with E-state index in [1.54, 1.807) is 11.9 Å². The van der Waals surface area contributed by atoms with Crippen LogP contribution >= 0.6 is 0 Å². The molecular weight excluding hydrogens is 218 g/mol. The number of carbonyl (C=O) groups is 2. The molecule has 4 nitrogen and oxygen atoms in total. The largest absolute Gasteiger partial charge is 0.481 e. The van der Waals surface area contributed by atoms with Crippen LogP contribution in [-0.4, -0.2) is 35.5 Å². The fraction of sp³-hybridized carbons (Fsp3) is 0.692. The molecular formula is C13H21NO3. The van der Waals surface area contributed by atoms with Crippen molar-refractivity contribution in [2.24, 2.45) is 11.8 Å². The Balaban J connectivity index is 2.45. The van der Waals surface area contributed by atoms with Gasteiger partial charge in [-0.05, 0) is 32.6 Å². The van der Waals surface area contributed by atoms with Crippen LogP contribution in [0.5, 0.6) is 0 Å². The van der Waals surface area contributed by atoms with E-state index in [0.29, 0.717) is 32.2 Å². The van der Waals surface area contributed by atoms with Crippen LogP contribution in [0.4, 0.5) is 0 Å². The summed E-state index contributed by atoms with van der Waals surface area (Å²) in [6, 6.07) is 0. The van der Waals surface area contributed by atoms with E-state index in [-0.39, 0.29) is 17.7 Å². The number of carboxylic acid groups (broad SMARTS) is 1. The fourth-order valence-electron chi connectivity index (χ4n) is 2.38. The Morgan fingerprint density at radius 2 is 1.71 bits per heavy atom. The summed E-state index contributed by atoms with van der Waals surface area (Å²) >= 11 is 0. The Morgan fingerprint density at radius 3 is 2.12 bits per heavy atom. The predicted molar refractivity (Wildman–Crippen MR) is 65.5 cm³/mol. The Labute approximate surface area is 102 Å². The van der Waals surface area contributed by atoms with Gasteiger partial charge in [0.1, 0.15) is 0 Å². The molecule has 1 aliphatic rings. The minimum atomic E-state index is -0.730. The van der Waals surface area contributed by atoms with Gasteiger partial charge in [0.15, 0.2) is 0 Å². The van der Waals surface area contributed by atoms with E-state index in [2.05, 4.69) is 6.58 Å². The third-order valence-electron chi connectivity index (χ3n) is 3.31. The quantitative estimate of drug-likeness (QED) is 0.762. The number of carbonyl (C=O) groups excluding carboxylic acids is 1. The molecule has 0 aromatic rings. The van der Waals surface area contributed by atoms with Crippen LogP contribution in [0.25, 0.3) is 0 Å². The molecule has 1 rings (SSSR count). The SMILES string of the molecule is C=C(C)CN(C)C(=O)C1CCC(C(=O)O)CC1. The van der Waals surface area contributed by atoms with E-state index in [1.165, 1.54) is 0 Å². The van der Waals surface area contributed by atoms with Gasteiger partial charge in [-0.25, -0.2) is 0 Å². The Kier molecular flexibility index (Phi) is 4.73. The molecule has 0 atom stereocenters. The van der Waals surface area contributed by atoms with Gasteiger partial charge < -0.3 is 10.0 Å². The maximum atomic E-state index is 12.0. The molecule has 0 aromatic carbocycles. The molecule has 0 radical (unpaired) electrons. The summed E-state index contributed by atoms with van der Waals surface area (Å²) in [6.45, 7) is 6.26. The number of carboxylic acids is 1. The second kappa shape index (κ2) is 5.84. The topological polar surface area (TPSA) is 57.6 Å². The lowest BCUT2D eigenvalue weighted by atomic mass is 9.81. The number of nitrogens with zero attached hydrogens (tertiary/aromatic N) is 1. The van der Waals surface area contributed by atoms with Gasteiger partial charge in [0.25, 0.3) is 0 Å². The summed E-state index contributed by atoms with van der Waals surface area (Å²) in [5.41, 5.74) is 0.958. The van der Waals surface area contributed by atoms with Crippen LogP contribution in [0.1, 0.15) is 32.6 Å². The molecule has 1 amide bonds. The number of likely N-dealkylation sites (N-methyl/N-ethyl adjacent to an activating group) is 1. The van der Waals surface area contributed by atoms with Gasteiger partial charge in [-0.1, -0.05) is 12.2 Å². The van der Waals surface area contributed by atoms with Gasteiger partial charge in [0.05, 0.1) is 5.92 Å². The molecule has 1 saturated carbocycles. The summed E-state index contributed by atoms with van der Waals surface area (Å²) in [5.74, 6) is -0.872. The average Bonchev–Trinajstić information content (AvgIpc) is 2.27. The van der Waals surface area contributed by atoms with Crippen molar-refractivity contribution >= 4 is 11.9 Å². The summed E-state index contributed by atoms with van der Waals surface area (Å²) in [5, 5.41) is 8.88. The van der Waals surface area contributed by atoms with Crippen molar-refractivity contribution in [3.63, 3.8) is 0 Å². The lowest BCUT2D eigenvalue weighted by molar-refractivity contribution is -0.145. The van der Waals surface area contributed by atoms with Crippen LogP contribution in [0.3, 0.4) is 0 Å². The monoisotopic (exact) mass is 239 g/mol. The van der Waals surface area contributed by atoms with Crippen LogP contribution < -0.4 is 0 Å². The van der Waals surface area contributed by atoms with Crippen LogP contribution in [0.2, 0.25) is 0 Å². The number of amides is 1.